The van der Waals surface area contributed by atoms with Crippen LogP contribution in [0.2, 0.25) is 0 Å². The van der Waals surface area contributed by atoms with Crippen LogP contribution < -0.4 is 15.8 Å². The van der Waals surface area contributed by atoms with Crippen LogP contribution in [0.4, 0.5) is 0 Å². The van der Waals surface area contributed by atoms with Gasteiger partial charge in [0, 0.05) is 13.1 Å². The highest BCUT2D eigenvalue weighted by atomic mass is 16.5. The minimum Gasteiger partial charge on any atom is -0.494 e. The minimum absolute atomic E-state index is 0.369. The monoisotopic (exact) mass is 279 g/mol. The summed E-state index contributed by atoms with van der Waals surface area (Å²) in [5.74, 6) is 0.443. The second-order valence-corrected chi connectivity index (χ2v) is 5.01. The lowest BCUT2D eigenvalue weighted by Gasteiger charge is -2.18. The minimum atomic E-state index is -0.463. The Balaban J connectivity index is 2.64. The van der Waals surface area contributed by atoms with Gasteiger partial charge in [0.05, 0.1) is 6.61 Å². The molecule has 20 heavy (non-hydrogen) atoms. The number of likely N-dealkylation sites (N-methyl/N-ethyl adjacent to an activating group) is 1. The number of ether oxygens (including phenoxy) is 1. The summed E-state index contributed by atoms with van der Waals surface area (Å²) in [4.78, 5) is 13.6. The maximum Gasteiger partial charge on any atom is 0.239 e. The van der Waals surface area contributed by atoms with Crippen molar-refractivity contribution in [3.05, 3.63) is 29.8 Å². The van der Waals surface area contributed by atoms with Gasteiger partial charge >= 0.3 is 0 Å². The molecular weight excluding hydrogens is 254 g/mol. The van der Waals surface area contributed by atoms with E-state index >= 15 is 0 Å². The van der Waals surface area contributed by atoms with Gasteiger partial charge in [-0.3, -0.25) is 4.79 Å². The number of primary amides is 1. The van der Waals surface area contributed by atoms with E-state index in [0.717, 1.165) is 24.3 Å². The van der Waals surface area contributed by atoms with Crippen LogP contribution in [0.25, 0.3) is 0 Å². The Labute approximate surface area is 121 Å². The van der Waals surface area contributed by atoms with Crippen LogP contribution in [-0.4, -0.2) is 44.6 Å². The first-order valence-electron chi connectivity index (χ1n) is 6.94. The fourth-order valence-electron chi connectivity index (χ4n) is 1.79. The summed E-state index contributed by atoms with van der Waals surface area (Å²) in [6.45, 7) is 4.31. The van der Waals surface area contributed by atoms with E-state index in [4.69, 9.17) is 10.5 Å². The first-order valence-corrected chi connectivity index (χ1v) is 6.94. The Morgan fingerprint density at radius 1 is 1.35 bits per heavy atom. The van der Waals surface area contributed by atoms with Gasteiger partial charge in [-0.05, 0) is 38.2 Å². The van der Waals surface area contributed by atoms with Crippen molar-refractivity contribution in [3.8, 4) is 5.75 Å². The van der Waals surface area contributed by atoms with E-state index in [2.05, 4.69) is 12.2 Å². The predicted molar refractivity (Wildman–Crippen MR) is 80.7 cm³/mol. The number of nitrogens with one attached hydrogen (secondary N) is 1. The number of hydrogen-bond acceptors (Lipinski definition) is 4. The molecule has 0 aliphatic heterocycles. The number of carbonyl (C=O) groups is 1. The fourth-order valence-corrected chi connectivity index (χ4v) is 1.79. The largest absolute Gasteiger partial charge is 0.494 e. The topological polar surface area (TPSA) is 67.6 Å². The van der Waals surface area contributed by atoms with Crippen LogP contribution in [0.5, 0.6) is 5.75 Å². The maximum absolute atomic E-state index is 11.5. The highest BCUT2D eigenvalue weighted by molar-refractivity contribution is 5.81. The van der Waals surface area contributed by atoms with Gasteiger partial charge in [-0.2, -0.15) is 0 Å². The molecule has 1 aromatic rings. The van der Waals surface area contributed by atoms with Gasteiger partial charge in [-0.15, -0.1) is 0 Å². The average Bonchev–Trinajstić information content (AvgIpc) is 2.41. The van der Waals surface area contributed by atoms with Gasteiger partial charge in [0.25, 0.3) is 0 Å². The molecule has 1 rings (SSSR count). The molecule has 1 aromatic carbocycles. The molecule has 0 heterocycles. The summed E-state index contributed by atoms with van der Waals surface area (Å²) in [5.41, 5.74) is 6.32. The smallest absolute Gasteiger partial charge is 0.239 e. The van der Waals surface area contributed by atoms with E-state index in [1.165, 1.54) is 0 Å². The van der Waals surface area contributed by atoms with Crippen LogP contribution in [0, 0.1) is 0 Å². The molecule has 0 spiro atoms. The molecule has 0 radical (unpaired) electrons. The third kappa shape index (κ3) is 5.59. The Bertz CT molecular complexity index is 404. The standard InChI is InChI=1S/C15H25N3O2/c1-4-11-20-13-7-5-12(6-8-13)14(15(16)19)17-9-10-18(2)3/h5-8,14,17H,4,9-11H2,1-3H3,(H2,16,19). The summed E-state index contributed by atoms with van der Waals surface area (Å²) < 4.78 is 5.52. The van der Waals surface area contributed by atoms with Crippen LogP contribution >= 0.6 is 0 Å². The Morgan fingerprint density at radius 2 is 2.00 bits per heavy atom. The number of amides is 1. The van der Waals surface area contributed by atoms with Gasteiger partial charge in [0.2, 0.25) is 5.91 Å². The lowest BCUT2D eigenvalue weighted by Crippen LogP contribution is -2.37. The molecule has 5 heteroatoms. The van der Waals surface area contributed by atoms with E-state index < -0.39 is 6.04 Å². The second-order valence-electron chi connectivity index (χ2n) is 5.01. The molecule has 1 atom stereocenters. The summed E-state index contributed by atoms with van der Waals surface area (Å²) in [6.07, 6.45) is 0.970. The lowest BCUT2D eigenvalue weighted by atomic mass is 10.1. The normalized spacial score (nSPS) is 12.4. The number of hydrogen-bond donors (Lipinski definition) is 2. The molecule has 3 N–H and O–H groups in total. The molecule has 0 aliphatic carbocycles. The van der Waals surface area contributed by atoms with E-state index in [1.807, 2.05) is 43.3 Å². The quantitative estimate of drug-likeness (QED) is 0.711. The van der Waals surface area contributed by atoms with E-state index in [9.17, 15) is 4.79 Å². The summed E-state index contributed by atoms with van der Waals surface area (Å²) in [5, 5.41) is 3.17. The lowest BCUT2D eigenvalue weighted by molar-refractivity contribution is -0.120. The number of nitrogens with two attached hydrogens (primary N) is 1. The molecular formula is C15H25N3O2. The number of nitrogens with zero attached hydrogens (tertiary/aromatic N) is 1. The van der Waals surface area contributed by atoms with Gasteiger partial charge in [-0.25, -0.2) is 0 Å². The van der Waals surface area contributed by atoms with Crippen molar-refractivity contribution in [2.75, 3.05) is 33.8 Å². The van der Waals surface area contributed by atoms with Crippen LogP contribution in [0.3, 0.4) is 0 Å². The number of benzene rings is 1. The molecule has 1 amide bonds. The van der Waals surface area contributed by atoms with E-state index in [0.29, 0.717) is 13.2 Å². The van der Waals surface area contributed by atoms with Crippen molar-refractivity contribution in [3.63, 3.8) is 0 Å². The van der Waals surface area contributed by atoms with E-state index in [1.54, 1.807) is 0 Å². The molecule has 5 nitrogen and oxygen atoms in total. The molecule has 1 unspecified atom stereocenters. The molecule has 0 fully saturated rings. The van der Waals surface area contributed by atoms with Crippen LogP contribution in [0.1, 0.15) is 24.9 Å². The van der Waals surface area contributed by atoms with E-state index in [-0.39, 0.29) is 5.91 Å². The Hall–Kier alpha value is -1.59. The highest BCUT2D eigenvalue weighted by Crippen LogP contribution is 2.18. The molecule has 112 valence electrons. The van der Waals surface area contributed by atoms with Gasteiger partial charge in [-0.1, -0.05) is 19.1 Å². The third-order valence-electron chi connectivity index (χ3n) is 2.88. The molecule has 0 saturated heterocycles. The molecule has 0 aromatic heterocycles. The van der Waals surface area contributed by atoms with Gasteiger partial charge in [0.15, 0.2) is 0 Å². The zero-order valence-electron chi connectivity index (χ0n) is 12.6. The third-order valence-corrected chi connectivity index (χ3v) is 2.88. The maximum atomic E-state index is 11.5. The van der Waals surface area contributed by atoms with Crippen molar-refractivity contribution in [2.45, 2.75) is 19.4 Å². The van der Waals surface area contributed by atoms with Crippen molar-refractivity contribution in [1.82, 2.24) is 10.2 Å². The van der Waals surface area contributed by atoms with Gasteiger partial charge < -0.3 is 20.7 Å². The summed E-state index contributed by atoms with van der Waals surface area (Å²) in [6, 6.07) is 7.03. The molecule has 0 bridgehead atoms. The first-order chi connectivity index (χ1) is 9.54. The Kier molecular flexibility index (Phi) is 7.04. The number of rotatable bonds is 9. The fraction of sp³-hybridized carbons (Fsp3) is 0.533. The van der Waals surface area contributed by atoms with Crippen LogP contribution in [-0.2, 0) is 4.79 Å². The van der Waals surface area contributed by atoms with Crippen LogP contribution in [0.15, 0.2) is 24.3 Å². The zero-order chi connectivity index (χ0) is 15.0. The zero-order valence-corrected chi connectivity index (χ0v) is 12.6. The highest BCUT2D eigenvalue weighted by Gasteiger charge is 2.16. The van der Waals surface area contributed by atoms with Crippen molar-refractivity contribution < 1.29 is 9.53 Å². The number of carbonyl (C=O) groups excluding carboxylic acids is 1. The second kappa shape index (κ2) is 8.55. The summed E-state index contributed by atoms with van der Waals surface area (Å²) in [7, 11) is 3.97. The van der Waals surface area contributed by atoms with Gasteiger partial charge in [0.1, 0.15) is 11.8 Å². The summed E-state index contributed by atoms with van der Waals surface area (Å²) >= 11 is 0. The first kappa shape index (κ1) is 16.5. The predicted octanol–water partition coefficient (Wildman–Crippen LogP) is 1.15. The Morgan fingerprint density at radius 3 is 2.50 bits per heavy atom. The van der Waals surface area contributed by atoms with Crippen molar-refractivity contribution >= 4 is 5.91 Å². The average molecular weight is 279 g/mol. The van der Waals surface area contributed by atoms with Crippen molar-refractivity contribution in [2.24, 2.45) is 5.73 Å². The molecule has 0 saturated carbocycles. The SMILES string of the molecule is CCCOc1ccc(C(NCCN(C)C)C(N)=O)cc1. The van der Waals surface area contributed by atoms with Crippen molar-refractivity contribution in [1.29, 1.82) is 0 Å². The molecule has 0 aliphatic rings.